The van der Waals surface area contributed by atoms with Crippen LogP contribution in [0.5, 0.6) is 5.75 Å². The van der Waals surface area contributed by atoms with Crippen molar-refractivity contribution in [2.75, 3.05) is 19.0 Å². The Morgan fingerprint density at radius 1 is 1.00 bits per heavy atom. The summed E-state index contributed by atoms with van der Waals surface area (Å²) in [6, 6.07) is 20.5. The van der Waals surface area contributed by atoms with Crippen LogP contribution >= 0.6 is 0 Å². The molecule has 0 spiro atoms. The number of methoxy groups -OCH3 is 1. The minimum atomic E-state index is 0.747. The van der Waals surface area contributed by atoms with Crippen LogP contribution in [0.3, 0.4) is 0 Å². The van der Waals surface area contributed by atoms with E-state index in [4.69, 9.17) is 4.74 Å². The Bertz CT molecular complexity index is 1340. The van der Waals surface area contributed by atoms with E-state index in [-0.39, 0.29) is 0 Å². The Labute approximate surface area is 186 Å². The van der Waals surface area contributed by atoms with Crippen molar-refractivity contribution < 1.29 is 4.74 Å². The highest BCUT2D eigenvalue weighted by Crippen LogP contribution is 2.28. The molecule has 160 valence electrons. The molecule has 0 radical (unpaired) electrons. The van der Waals surface area contributed by atoms with Gasteiger partial charge in [-0.25, -0.2) is 9.97 Å². The number of nitrogens with one attached hydrogen (secondary N) is 2. The Morgan fingerprint density at radius 2 is 1.84 bits per heavy atom. The summed E-state index contributed by atoms with van der Waals surface area (Å²) in [5.41, 5.74) is 6.37. The Balaban J connectivity index is 1.29. The van der Waals surface area contributed by atoms with Gasteiger partial charge in [0.15, 0.2) is 0 Å². The van der Waals surface area contributed by atoms with Crippen molar-refractivity contribution in [3.63, 3.8) is 0 Å². The predicted octanol–water partition coefficient (Wildman–Crippen LogP) is 4.92. The first-order valence-electron chi connectivity index (χ1n) is 10.5. The van der Waals surface area contributed by atoms with Gasteiger partial charge in [0.05, 0.1) is 24.0 Å². The lowest BCUT2D eigenvalue weighted by molar-refractivity contribution is 0.420. The topological polar surface area (TPSA) is 80.6 Å². The number of aromatic amines is 1. The molecule has 0 saturated heterocycles. The van der Waals surface area contributed by atoms with Crippen LogP contribution in [0.25, 0.3) is 33.4 Å². The summed E-state index contributed by atoms with van der Waals surface area (Å²) in [4.78, 5) is 8.83. The lowest BCUT2D eigenvalue weighted by Crippen LogP contribution is -2.12. The molecule has 5 rings (SSSR count). The molecule has 2 aromatic carbocycles. The molecule has 0 amide bonds. The third kappa shape index (κ3) is 3.80. The number of H-pyrrole nitrogens is 1. The van der Waals surface area contributed by atoms with Crippen molar-refractivity contribution >= 4 is 16.7 Å². The zero-order valence-electron chi connectivity index (χ0n) is 18.0. The second kappa shape index (κ2) is 8.55. The fourth-order valence-electron chi connectivity index (χ4n) is 4.01. The van der Waals surface area contributed by atoms with Crippen molar-refractivity contribution in [3.8, 4) is 28.3 Å². The van der Waals surface area contributed by atoms with Crippen LogP contribution in [-0.4, -0.2) is 38.4 Å². The van der Waals surface area contributed by atoms with Crippen LogP contribution in [0.4, 0.5) is 5.82 Å². The fraction of sp³-hybridized carbons (Fsp3) is 0.160. The number of nitrogens with zero attached hydrogens (tertiary/aromatic N) is 4. The summed E-state index contributed by atoms with van der Waals surface area (Å²) >= 11 is 0. The molecule has 3 aromatic heterocycles. The first kappa shape index (κ1) is 19.8. The molecule has 0 atom stereocenters. The van der Waals surface area contributed by atoms with Crippen molar-refractivity contribution in [2.24, 2.45) is 0 Å². The van der Waals surface area contributed by atoms with Crippen LogP contribution < -0.4 is 10.1 Å². The number of hydrogen-bond acceptors (Lipinski definition) is 5. The van der Waals surface area contributed by atoms with Gasteiger partial charge in [-0.2, -0.15) is 5.10 Å². The van der Waals surface area contributed by atoms with Crippen LogP contribution in [0.15, 0.2) is 73.2 Å². The largest absolute Gasteiger partial charge is 0.496 e. The zero-order chi connectivity index (χ0) is 21.9. The number of anilines is 1. The van der Waals surface area contributed by atoms with Crippen LogP contribution in [0, 0.1) is 6.92 Å². The van der Waals surface area contributed by atoms with Crippen molar-refractivity contribution in [1.29, 1.82) is 0 Å². The van der Waals surface area contributed by atoms with E-state index in [0.717, 1.165) is 52.6 Å². The molecule has 32 heavy (non-hydrogen) atoms. The van der Waals surface area contributed by atoms with E-state index >= 15 is 0 Å². The second-order valence-electron chi connectivity index (χ2n) is 7.59. The van der Waals surface area contributed by atoms with E-state index in [2.05, 4.69) is 73.4 Å². The maximum atomic E-state index is 5.50. The number of benzene rings is 2. The second-order valence-corrected chi connectivity index (χ2v) is 7.59. The molecule has 0 unspecified atom stereocenters. The van der Waals surface area contributed by atoms with E-state index in [1.165, 1.54) is 11.2 Å². The van der Waals surface area contributed by atoms with Gasteiger partial charge in [0.1, 0.15) is 17.9 Å². The smallest absolute Gasteiger partial charge is 0.130 e. The summed E-state index contributed by atoms with van der Waals surface area (Å²) in [5.74, 6) is 1.70. The summed E-state index contributed by atoms with van der Waals surface area (Å²) in [7, 11) is 1.71. The van der Waals surface area contributed by atoms with Crippen molar-refractivity contribution in [2.45, 2.75) is 13.5 Å². The van der Waals surface area contributed by atoms with Crippen LogP contribution in [0.2, 0.25) is 0 Å². The van der Waals surface area contributed by atoms with Gasteiger partial charge in [-0.15, -0.1) is 0 Å². The van der Waals surface area contributed by atoms with Gasteiger partial charge >= 0.3 is 0 Å². The zero-order valence-corrected chi connectivity index (χ0v) is 18.0. The molecule has 7 nitrogen and oxygen atoms in total. The molecule has 0 aliphatic carbocycles. The van der Waals surface area contributed by atoms with Crippen molar-refractivity contribution in [3.05, 3.63) is 78.9 Å². The van der Waals surface area contributed by atoms with Gasteiger partial charge < -0.3 is 14.6 Å². The van der Waals surface area contributed by atoms with Gasteiger partial charge in [0.2, 0.25) is 0 Å². The highest BCUT2D eigenvalue weighted by atomic mass is 16.5. The number of ether oxygens (including phenoxy) is 1. The lowest BCUT2D eigenvalue weighted by atomic mass is 10.1. The third-order valence-corrected chi connectivity index (χ3v) is 5.63. The standard InChI is InChI=1S/C25H24N6O/c1-17-14-20-23(4-3-5-24(20)32-2)31(17)13-12-26-25-15-22(27-16-28-25)19-8-6-18(7-9-19)21-10-11-29-30-21/h3-11,14-16H,12-13H2,1-2H3,(H,29,30)(H,26,27,28). The summed E-state index contributed by atoms with van der Waals surface area (Å²) < 4.78 is 7.80. The van der Waals surface area contributed by atoms with Gasteiger partial charge in [0, 0.05) is 42.0 Å². The van der Waals surface area contributed by atoms with Crippen molar-refractivity contribution in [1.82, 2.24) is 24.7 Å². The van der Waals surface area contributed by atoms with E-state index in [1.54, 1.807) is 19.6 Å². The normalized spacial score (nSPS) is 11.1. The first-order valence-corrected chi connectivity index (χ1v) is 10.5. The van der Waals surface area contributed by atoms with Crippen LogP contribution in [0.1, 0.15) is 5.69 Å². The quantitative estimate of drug-likeness (QED) is 0.388. The van der Waals surface area contributed by atoms with E-state index in [1.807, 2.05) is 24.3 Å². The van der Waals surface area contributed by atoms with Gasteiger partial charge in [-0.1, -0.05) is 30.3 Å². The first-order chi connectivity index (χ1) is 15.7. The Hall–Kier alpha value is -4.13. The molecule has 5 aromatic rings. The molecule has 0 aliphatic rings. The van der Waals surface area contributed by atoms with E-state index < -0.39 is 0 Å². The SMILES string of the molecule is COc1cccc2c1cc(C)n2CCNc1cc(-c2ccc(-c3ccn[nH]3)cc2)ncn1. The number of hydrogen-bond donors (Lipinski definition) is 2. The van der Waals surface area contributed by atoms with Crippen LogP contribution in [-0.2, 0) is 6.54 Å². The minimum absolute atomic E-state index is 0.747. The number of aromatic nitrogens is 5. The Kier molecular flexibility index (Phi) is 5.29. The average Bonchev–Trinajstić information content (AvgIpc) is 3.48. The maximum absolute atomic E-state index is 5.50. The average molecular weight is 425 g/mol. The van der Waals surface area contributed by atoms with E-state index in [0.29, 0.717) is 0 Å². The van der Waals surface area contributed by atoms with Gasteiger partial charge in [-0.3, -0.25) is 5.10 Å². The monoisotopic (exact) mass is 424 g/mol. The summed E-state index contributed by atoms with van der Waals surface area (Å²) in [5, 5.41) is 11.6. The predicted molar refractivity (Wildman–Crippen MR) is 127 cm³/mol. The molecule has 0 saturated carbocycles. The molecule has 7 heteroatoms. The highest BCUT2D eigenvalue weighted by Gasteiger charge is 2.10. The number of aryl methyl sites for hydroxylation is 1. The number of rotatable bonds is 7. The molecule has 0 fully saturated rings. The third-order valence-electron chi connectivity index (χ3n) is 5.63. The summed E-state index contributed by atoms with van der Waals surface area (Å²) in [6.07, 6.45) is 3.35. The fourth-order valence-corrected chi connectivity index (χ4v) is 4.01. The van der Waals surface area contributed by atoms with Gasteiger partial charge in [0.25, 0.3) is 0 Å². The summed E-state index contributed by atoms with van der Waals surface area (Å²) in [6.45, 7) is 3.69. The number of fused-ring (bicyclic) bond motifs is 1. The minimum Gasteiger partial charge on any atom is -0.496 e. The van der Waals surface area contributed by atoms with E-state index in [9.17, 15) is 0 Å². The molecule has 3 heterocycles. The molecular formula is C25H24N6O. The molecular weight excluding hydrogens is 400 g/mol. The lowest BCUT2D eigenvalue weighted by Gasteiger charge is -2.11. The molecule has 0 bridgehead atoms. The molecule has 0 aliphatic heterocycles. The highest BCUT2D eigenvalue weighted by molar-refractivity contribution is 5.87. The van der Waals surface area contributed by atoms with Gasteiger partial charge in [-0.05, 0) is 36.8 Å². The molecule has 2 N–H and O–H groups in total. The maximum Gasteiger partial charge on any atom is 0.130 e. The Morgan fingerprint density at radius 3 is 2.62 bits per heavy atom.